The van der Waals surface area contributed by atoms with Crippen molar-refractivity contribution in [3.63, 3.8) is 0 Å². The second kappa shape index (κ2) is 8.18. The summed E-state index contributed by atoms with van der Waals surface area (Å²) in [5, 5.41) is 2.97. The van der Waals surface area contributed by atoms with E-state index in [0.717, 1.165) is 29.0 Å². The Morgan fingerprint density at radius 3 is 2.77 bits per heavy atom. The third-order valence-electron chi connectivity index (χ3n) is 5.62. The van der Waals surface area contributed by atoms with Gasteiger partial charge in [-0.3, -0.25) is 9.59 Å². The van der Waals surface area contributed by atoms with Crippen molar-refractivity contribution in [1.29, 1.82) is 0 Å². The minimum atomic E-state index is -0.181. The van der Waals surface area contributed by atoms with E-state index in [-0.39, 0.29) is 17.9 Å². The van der Waals surface area contributed by atoms with Crippen molar-refractivity contribution in [3.8, 4) is 17.1 Å². The fourth-order valence-corrected chi connectivity index (χ4v) is 4.11. The second-order valence-electron chi connectivity index (χ2n) is 7.72. The van der Waals surface area contributed by atoms with E-state index in [1.54, 1.807) is 35.5 Å². The molecule has 2 aliphatic heterocycles. The molecule has 1 saturated heterocycles. The SMILES string of the molecule is O=C(NCC1Cc2cccc(-c3ncccn3)c2O1)c1cccc(N2CCCC2=O)c1. The zero-order valence-corrected chi connectivity index (χ0v) is 17.0. The van der Waals surface area contributed by atoms with Crippen molar-refractivity contribution in [2.24, 2.45) is 0 Å². The number of rotatable bonds is 5. The maximum Gasteiger partial charge on any atom is 0.251 e. The fourth-order valence-electron chi connectivity index (χ4n) is 4.11. The lowest BCUT2D eigenvalue weighted by Crippen LogP contribution is -2.34. The summed E-state index contributed by atoms with van der Waals surface area (Å²) in [4.78, 5) is 35.1. The molecule has 1 fully saturated rings. The summed E-state index contributed by atoms with van der Waals surface area (Å²) >= 11 is 0. The maximum absolute atomic E-state index is 12.7. The van der Waals surface area contributed by atoms with Crippen molar-refractivity contribution >= 4 is 17.5 Å². The minimum Gasteiger partial charge on any atom is -0.487 e. The van der Waals surface area contributed by atoms with Gasteiger partial charge in [0.2, 0.25) is 5.91 Å². The Morgan fingerprint density at radius 1 is 1.13 bits per heavy atom. The second-order valence-corrected chi connectivity index (χ2v) is 7.72. The molecule has 1 N–H and O–H groups in total. The fraction of sp³-hybridized carbons (Fsp3) is 0.250. The molecule has 3 aromatic rings. The van der Waals surface area contributed by atoms with Crippen LogP contribution in [0.15, 0.2) is 60.9 Å². The Kier molecular flexibility index (Phi) is 5.08. The molecule has 2 amide bonds. The standard InChI is InChI=1S/C24H22N4O3/c29-21-9-3-12-28(21)18-7-1-6-17(13-18)24(30)27-15-19-14-16-5-2-8-20(22(16)31-19)23-25-10-4-11-26-23/h1-2,4-8,10-11,13,19H,3,9,12,14-15H2,(H,27,30). The molecule has 3 heterocycles. The van der Waals surface area contributed by atoms with E-state index in [9.17, 15) is 9.59 Å². The summed E-state index contributed by atoms with van der Waals surface area (Å²) in [6.45, 7) is 1.08. The van der Waals surface area contributed by atoms with Gasteiger partial charge in [0.25, 0.3) is 5.91 Å². The predicted octanol–water partition coefficient (Wildman–Crippen LogP) is 3.00. The van der Waals surface area contributed by atoms with Crippen molar-refractivity contribution < 1.29 is 14.3 Å². The van der Waals surface area contributed by atoms with Gasteiger partial charge in [-0.25, -0.2) is 9.97 Å². The number of ether oxygens (including phenoxy) is 1. The number of hydrogen-bond acceptors (Lipinski definition) is 5. The molecule has 7 heteroatoms. The van der Waals surface area contributed by atoms with Crippen LogP contribution in [-0.4, -0.2) is 41.0 Å². The van der Waals surface area contributed by atoms with Crippen molar-refractivity contribution in [2.45, 2.75) is 25.4 Å². The van der Waals surface area contributed by atoms with Crippen LogP contribution >= 0.6 is 0 Å². The van der Waals surface area contributed by atoms with E-state index in [2.05, 4.69) is 15.3 Å². The van der Waals surface area contributed by atoms with Crippen LogP contribution < -0.4 is 15.0 Å². The number of benzene rings is 2. The Hall–Kier alpha value is -3.74. The lowest BCUT2D eigenvalue weighted by Gasteiger charge is -2.17. The highest BCUT2D eigenvalue weighted by atomic mass is 16.5. The van der Waals surface area contributed by atoms with Crippen LogP contribution in [0.2, 0.25) is 0 Å². The number of anilines is 1. The molecular formula is C24H22N4O3. The highest BCUT2D eigenvalue weighted by molar-refractivity contribution is 5.99. The molecule has 0 spiro atoms. The van der Waals surface area contributed by atoms with Gasteiger partial charge in [0.1, 0.15) is 11.9 Å². The molecule has 2 aromatic carbocycles. The van der Waals surface area contributed by atoms with E-state index < -0.39 is 0 Å². The Labute approximate surface area is 180 Å². The number of nitrogens with zero attached hydrogens (tertiary/aromatic N) is 3. The molecule has 0 radical (unpaired) electrons. The monoisotopic (exact) mass is 414 g/mol. The lowest BCUT2D eigenvalue weighted by atomic mass is 10.1. The number of aromatic nitrogens is 2. The molecule has 2 aliphatic rings. The molecule has 31 heavy (non-hydrogen) atoms. The van der Waals surface area contributed by atoms with E-state index in [4.69, 9.17) is 4.74 Å². The first-order valence-electron chi connectivity index (χ1n) is 10.4. The molecule has 7 nitrogen and oxygen atoms in total. The Balaban J connectivity index is 1.25. The lowest BCUT2D eigenvalue weighted by molar-refractivity contribution is -0.117. The molecular weight excluding hydrogens is 392 g/mol. The smallest absolute Gasteiger partial charge is 0.251 e. The number of fused-ring (bicyclic) bond motifs is 1. The first-order chi connectivity index (χ1) is 15.2. The van der Waals surface area contributed by atoms with Crippen LogP contribution in [0.5, 0.6) is 5.75 Å². The summed E-state index contributed by atoms with van der Waals surface area (Å²) in [5.74, 6) is 1.33. The Morgan fingerprint density at radius 2 is 1.97 bits per heavy atom. The van der Waals surface area contributed by atoms with Gasteiger partial charge in [0, 0.05) is 43.0 Å². The van der Waals surface area contributed by atoms with Crippen LogP contribution in [0, 0.1) is 0 Å². The zero-order valence-electron chi connectivity index (χ0n) is 17.0. The topological polar surface area (TPSA) is 84.4 Å². The Bertz CT molecular complexity index is 1130. The van der Waals surface area contributed by atoms with Crippen LogP contribution in [-0.2, 0) is 11.2 Å². The van der Waals surface area contributed by atoms with Crippen molar-refractivity contribution in [3.05, 3.63) is 72.1 Å². The number of carbonyl (C=O) groups is 2. The number of para-hydroxylation sites is 1. The number of hydrogen-bond donors (Lipinski definition) is 1. The van der Waals surface area contributed by atoms with Gasteiger partial charge in [0.15, 0.2) is 5.82 Å². The average Bonchev–Trinajstić information content (AvgIpc) is 3.43. The number of amides is 2. The molecule has 156 valence electrons. The third kappa shape index (κ3) is 3.86. The number of nitrogens with one attached hydrogen (secondary N) is 1. The van der Waals surface area contributed by atoms with Crippen molar-refractivity contribution in [2.75, 3.05) is 18.0 Å². The van der Waals surface area contributed by atoms with E-state index in [1.165, 1.54) is 0 Å². The normalized spacial score (nSPS) is 17.4. The summed E-state index contributed by atoms with van der Waals surface area (Å²) in [7, 11) is 0. The number of carbonyl (C=O) groups excluding carboxylic acids is 2. The molecule has 1 unspecified atom stereocenters. The highest BCUT2D eigenvalue weighted by Crippen LogP contribution is 2.37. The van der Waals surface area contributed by atoms with Gasteiger partial charge in [-0.1, -0.05) is 18.2 Å². The predicted molar refractivity (Wildman–Crippen MR) is 116 cm³/mol. The average molecular weight is 414 g/mol. The summed E-state index contributed by atoms with van der Waals surface area (Å²) < 4.78 is 6.15. The van der Waals surface area contributed by atoms with Crippen LogP contribution in [0.1, 0.15) is 28.8 Å². The zero-order chi connectivity index (χ0) is 21.2. The van der Waals surface area contributed by atoms with Gasteiger partial charge >= 0.3 is 0 Å². The molecule has 1 aromatic heterocycles. The van der Waals surface area contributed by atoms with Crippen LogP contribution in [0.4, 0.5) is 5.69 Å². The third-order valence-corrected chi connectivity index (χ3v) is 5.62. The van der Waals surface area contributed by atoms with Gasteiger partial charge in [-0.05, 0) is 42.3 Å². The first-order valence-corrected chi connectivity index (χ1v) is 10.4. The van der Waals surface area contributed by atoms with Crippen molar-refractivity contribution in [1.82, 2.24) is 15.3 Å². The van der Waals surface area contributed by atoms with E-state index in [0.29, 0.717) is 37.3 Å². The van der Waals surface area contributed by atoms with Gasteiger partial charge in [0.05, 0.1) is 12.1 Å². The van der Waals surface area contributed by atoms with E-state index in [1.807, 2.05) is 30.3 Å². The molecule has 1 atom stereocenters. The first kappa shape index (κ1) is 19.2. The van der Waals surface area contributed by atoms with Crippen LogP contribution in [0.3, 0.4) is 0 Å². The molecule has 0 aliphatic carbocycles. The quantitative estimate of drug-likeness (QED) is 0.694. The van der Waals surface area contributed by atoms with Gasteiger partial charge in [-0.15, -0.1) is 0 Å². The van der Waals surface area contributed by atoms with E-state index >= 15 is 0 Å². The maximum atomic E-state index is 12.7. The highest BCUT2D eigenvalue weighted by Gasteiger charge is 2.27. The molecule has 0 bridgehead atoms. The van der Waals surface area contributed by atoms with Gasteiger partial charge in [-0.2, -0.15) is 0 Å². The summed E-state index contributed by atoms with van der Waals surface area (Å²) in [6, 6.07) is 14.9. The largest absolute Gasteiger partial charge is 0.487 e. The minimum absolute atomic E-state index is 0.105. The molecule has 0 saturated carbocycles. The summed E-state index contributed by atoms with van der Waals surface area (Å²) in [6.07, 6.45) is 5.37. The summed E-state index contributed by atoms with van der Waals surface area (Å²) in [5.41, 5.74) is 3.24. The van der Waals surface area contributed by atoms with Crippen LogP contribution in [0.25, 0.3) is 11.4 Å². The molecule has 5 rings (SSSR count). The van der Waals surface area contributed by atoms with Gasteiger partial charge < -0.3 is 15.0 Å².